The van der Waals surface area contributed by atoms with E-state index in [1.807, 2.05) is 6.92 Å². The lowest BCUT2D eigenvalue weighted by Gasteiger charge is -2.24. The van der Waals surface area contributed by atoms with E-state index in [9.17, 15) is 9.59 Å². The molecule has 0 spiro atoms. The van der Waals surface area contributed by atoms with E-state index in [4.69, 9.17) is 9.84 Å². The fourth-order valence-corrected chi connectivity index (χ4v) is 2.75. The van der Waals surface area contributed by atoms with Crippen LogP contribution in [0.4, 0.5) is 4.79 Å². The first kappa shape index (κ1) is 14.1. The molecule has 6 nitrogen and oxygen atoms in total. The monoisotopic (exact) mass is 270 g/mol. The van der Waals surface area contributed by atoms with Gasteiger partial charge in [-0.2, -0.15) is 0 Å². The first-order valence-electron chi connectivity index (χ1n) is 6.91. The normalized spacial score (nSPS) is 28.4. The molecular formula is C13H22N2O4. The van der Waals surface area contributed by atoms with Gasteiger partial charge < -0.3 is 20.1 Å². The van der Waals surface area contributed by atoms with Crippen LogP contribution in [0.25, 0.3) is 0 Å². The van der Waals surface area contributed by atoms with E-state index in [0.29, 0.717) is 25.6 Å². The lowest BCUT2D eigenvalue weighted by molar-refractivity contribution is -0.142. The summed E-state index contributed by atoms with van der Waals surface area (Å²) in [5.74, 6) is -0.750. The molecule has 0 bridgehead atoms. The zero-order valence-electron chi connectivity index (χ0n) is 11.3. The van der Waals surface area contributed by atoms with E-state index in [1.165, 1.54) is 0 Å². The number of aliphatic carboxylic acids is 1. The van der Waals surface area contributed by atoms with E-state index in [1.54, 1.807) is 4.90 Å². The fraction of sp³-hybridized carbons (Fsp3) is 0.846. The number of rotatable bonds is 3. The summed E-state index contributed by atoms with van der Waals surface area (Å²) in [6.07, 6.45) is 1.96. The van der Waals surface area contributed by atoms with Gasteiger partial charge in [-0.25, -0.2) is 4.79 Å². The molecule has 2 unspecified atom stereocenters. The summed E-state index contributed by atoms with van der Waals surface area (Å²) >= 11 is 0. The van der Waals surface area contributed by atoms with Gasteiger partial charge in [-0.15, -0.1) is 0 Å². The van der Waals surface area contributed by atoms with Gasteiger partial charge in [-0.1, -0.05) is 6.92 Å². The van der Waals surface area contributed by atoms with E-state index in [0.717, 1.165) is 26.1 Å². The predicted molar refractivity (Wildman–Crippen MR) is 68.8 cm³/mol. The first-order valence-corrected chi connectivity index (χ1v) is 6.91. The summed E-state index contributed by atoms with van der Waals surface area (Å²) in [6, 6.07) is -0.137. The number of carboxylic acid groups (broad SMARTS) is 1. The van der Waals surface area contributed by atoms with Crippen molar-refractivity contribution in [3.63, 3.8) is 0 Å². The fourth-order valence-electron chi connectivity index (χ4n) is 2.75. The maximum absolute atomic E-state index is 12.0. The van der Waals surface area contributed by atoms with Crippen LogP contribution in [0.5, 0.6) is 0 Å². The number of carbonyl (C=O) groups is 2. The van der Waals surface area contributed by atoms with Gasteiger partial charge >= 0.3 is 12.0 Å². The van der Waals surface area contributed by atoms with Gasteiger partial charge in [0.1, 0.15) is 0 Å². The maximum Gasteiger partial charge on any atom is 0.317 e. The van der Waals surface area contributed by atoms with Crippen LogP contribution in [0.1, 0.15) is 19.8 Å². The van der Waals surface area contributed by atoms with Gasteiger partial charge in [0.05, 0.1) is 5.92 Å². The molecule has 0 aromatic rings. The van der Waals surface area contributed by atoms with Crippen LogP contribution in [0, 0.1) is 17.8 Å². The van der Waals surface area contributed by atoms with E-state index in [2.05, 4.69) is 5.32 Å². The zero-order valence-corrected chi connectivity index (χ0v) is 11.3. The Hall–Kier alpha value is -1.30. The topological polar surface area (TPSA) is 78.9 Å². The first-order chi connectivity index (χ1) is 9.08. The highest BCUT2D eigenvalue weighted by molar-refractivity contribution is 5.77. The van der Waals surface area contributed by atoms with Crippen molar-refractivity contribution < 1.29 is 19.4 Å². The number of nitrogens with zero attached hydrogens (tertiary/aromatic N) is 1. The van der Waals surface area contributed by atoms with Crippen LogP contribution in [0.15, 0.2) is 0 Å². The van der Waals surface area contributed by atoms with Crippen LogP contribution in [-0.4, -0.2) is 54.9 Å². The minimum absolute atomic E-state index is 0.0198. The second-order valence-corrected chi connectivity index (χ2v) is 5.57. The Labute approximate surface area is 113 Å². The summed E-state index contributed by atoms with van der Waals surface area (Å²) in [7, 11) is 0. The molecule has 2 aliphatic rings. The summed E-state index contributed by atoms with van der Waals surface area (Å²) < 4.78 is 5.27. The lowest BCUT2D eigenvalue weighted by atomic mass is 9.99. The Bertz CT molecular complexity index is 342. The number of hydrogen-bond acceptors (Lipinski definition) is 3. The third-order valence-electron chi connectivity index (χ3n) is 4.10. The Morgan fingerprint density at radius 3 is 2.58 bits per heavy atom. The molecule has 2 amide bonds. The smallest absolute Gasteiger partial charge is 0.317 e. The molecule has 108 valence electrons. The highest BCUT2D eigenvalue weighted by Gasteiger charge is 2.36. The molecule has 0 aromatic carbocycles. The molecule has 2 saturated heterocycles. The molecule has 2 N–H and O–H groups in total. The predicted octanol–water partition coefficient (Wildman–Crippen LogP) is 0.775. The quantitative estimate of drug-likeness (QED) is 0.794. The SMILES string of the molecule is CC1CN(C(=O)NCC2CCOCC2)CC1C(=O)O. The van der Waals surface area contributed by atoms with Crippen molar-refractivity contribution in [2.45, 2.75) is 19.8 Å². The molecule has 0 radical (unpaired) electrons. The zero-order chi connectivity index (χ0) is 13.8. The van der Waals surface area contributed by atoms with Crippen LogP contribution in [0.2, 0.25) is 0 Å². The Morgan fingerprint density at radius 2 is 2.00 bits per heavy atom. The van der Waals surface area contributed by atoms with E-state index in [-0.39, 0.29) is 11.9 Å². The van der Waals surface area contributed by atoms with Gasteiger partial charge in [0, 0.05) is 32.8 Å². The van der Waals surface area contributed by atoms with Gasteiger partial charge in [0.25, 0.3) is 0 Å². The highest BCUT2D eigenvalue weighted by atomic mass is 16.5. The molecule has 6 heteroatoms. The van der Waals surface area contributed by atoms with Gasteiger partial charge in [0.15, 0.2) is 0 Å². The van der Waals surface area contributed by atoms with E-state index < -0.39 is 11.9 Å². The van der Waals surface area contributed by atoms with Crippen molar-refractivity contribution in [1.82, 2.24) is 10.2 Å². The Morgan fingerprint density at radius 1 is 1.32 bits per heavy atom. The van der Waals surface area contributed by atoms with Crippen molar-refractivity contribution in [2.75, 3.05) is 32.8 Å². The van der Waals surface area contributed by atoms with Gasteiger partial charge in [-0.05, 0) is 24.7 Å². The van der Waals surface area contributed by atoms with Crippen molar-refractivity contribution in [3.8, 4) is 0 Å². The molecule has 2 fully saturated rings. The molecule has 0 aliphatic carbocycles. The molecule has 0 saturated carbocycles. The standard InChI is InChI=1S/C13H22N2O4/c1-9-7-15(8-11(9)12(16)17)13(18)14-6-10-2-4-19-5-3-10/h9-11H,2-8H2,1H3,(H,14,18)(H,16,17). The number of urea groups is 1. The molecular weight excluding hydrogens is 248 g/mol. The van der Waals surface area contributed by atoms with Crippen LogP contribution in [-0.2, 0) is 9.53 Å². The average molecular weight is 270 g/mol. The number of amides is 2. The highest BCUT2D eigenvalue weighted by Crippen LogP contribution is 2.23. The number of carbonyl (C=O) groups excluding carboxylic acids is 1. The minimum atomic E-state index is -0.813. The van der Waals surface area contributed by atoms with Crippen molar-refractivity contribution in [1.29, 1.82) is 0 Å². The number of carboxylic acids is 1. The number of ether oxygens (including phenoxy) is 1. The molecule has 2 atom stereocenters. The van der Waals surface area contributed by atoms with Crippen LogP contribution < -0.4 is 5.32 Å². The van der Waals surface area contributed by atoms with Crippen molar-refractivity contribution in [3.05, 3.63) is 0 Å². The average Bonchev–Trinajstić information content (AvgIpc) is 2.79. The van der Waals surface area contributed by atoms with Gasteiger partial charge in [-0.3, -0.25) is 4.79 Å². The summed E-state index contributed by atoms with van der Waals surface area (Å²) in [5, 5.41) is 12.0. The number of likely N-dealkylation sites (tertiary alicyclic amines) is 1. The minimum Gasteiger partial charge on any atom is -0.481 e. The molecule has 0 aromatic heterocycles. The van der Waals surface area contributed by atoms with Crippen LogP contribution >= 0.6 is 0 Å². The van der Waals surface area contributed by atoms with E-state index >= 15 is 0 Å². The maximum atomic E-state index is 12.0. The third kappa shape index (κ3) is 3.59. The lowest BCUT2D eigenvalue weighted by Crippen LogP contribution is -2.41. The Kier molecular flexibility index (Phi) is 4.63. The number of hydrogen-bond donors (Lipinski definition) is 2. The van der Waals surface area contributed by atoms with Crippen molar-refractivity contribution in [2.24, 2.45) is 17.8 Å². The molecule has 2 aliphatic heterocycles. The Balaban J connectivity index is 1.76. The van der Waals surface area contributed by atoms with Crippen LogP contribution in [0.3, 0.4) is 0 Å². The number of nitrogens with one attached hydrogen (secondary N) is 1. The molecule has 2 rings (SSSR count). The summed E-state index contributed by atoms with van der Waals surface area (Å²) in [5.41, 5.74) is 0. The third-order valence-corrected chi connectivity index (χ3v) is 4.10. The second kappa shape index (κ2) is 6.23. The van der Waals surface area contributed by atoms with Gasteiger partial charge in [0.2, 0.25) is 0 Å². The second-order valence-electron chi connectivity index (χ2n) is 5.57. The molecule has 2 heterocycles. The molecule has 19 heavy (non-hydrogen) atoms. The summed E-state index contributed by atoms with van der Waals surface area (Å²) in [4.78, 5) is 24.6. The summed E-state index contributed by atoms with van der Waals surface area (Å²) in [6.45, 7) is 4.91. The largest absolute Gasteiger partial charge is 0.481 e. The van der Waals surface area contributed by atoms with Crippen molar-refractivity contribution >= 4 is 12.0 Å².